The number of aliphatic hydroxyl groups is 1. The lowest BCUT2D eigenvalue weighted by Crippen LogP contribution is -2.64. The molecule has 5 aliphatic carbocycles. The van der Waals surface area contributed by atoms with Crippen molar-refractivity contribution in [1.29, 1.82) is 0 Å². The quantitative estimate of drug-likeness (QED) is 0.238. The average Bonchev–Trinajstić information content (AvgIpc) is 2.89. The Bertz CT molecular complexity index is 1160. The largest absolute Gasteiger partial charge is 0.515 e. The van der Waals surface area contributed by atoms with Gasteiger partial charge in [0, 0.05) is 30.6 Å². The van der Waals surface area contributed by atoms with Crippen LogP contribution >= 0.6 is 0 Å². The highest BCUT2D eigenvalue weighted by Crippen LogP contribution is 2.74. The van der Waals surface area contributed by atoms with Gasteiger partial charge in [-0.2, -0.15) is 0 Å². The SMILES string of the molecule is COCC[C@]1(C)C(=O)/C(=C\O)C[C@]2(C)C3=CC(=O)[C@@H]4[C@@H]5CC(C)(C)C[C@@H](C(=O)OC)C5CC[C@@]4(C)[C@]3(C)CCC12. The number of carbonyl (C=O) groups excluding carboxylic acids is 3. The molecule has 6 nitrogen and oxygen atoms in total. The van der Waals surface area contributed by atoms with Crippen molar-refractivity contribution in [2.45, 2.75) is 92.9 Å². The standard InChI is InChI=1S/C34H50O6/c1-30(2)17-22-21(23(18-30)29(38)40-8)9-11-34(6)27(22)24(36)15-26-32(4)16-20(19-35)28(37)31(3,13-14-39-7)25(32)10-12-33(26,34)5/h15,19,21-23,25,27,35H,9-14,16-18H2,1-8H3/b20-19-/t21?,22-,23-,25?,27+,31+,32+,33-,34-/m1/s1. The number of Topliss-reactive ketones (excluding diaryl/α,β-unsaturated/α-hetero) is 1. The van der Waals surface area contributed by atoms with Crippen LogP contribution in [0.1, 0.15) is 92.9 Å². The lowest BCUT2D eigenvalue weighted by molar-refractivity contribution is -0.174. The summed E-state index contributed by atoms with van der Waals surface area (Å²) in [6.07, 6.45) is 9.42. The van der Waals surface area contributed by atoms with Gasteiger partial charge in [0.15, 0.2) is 11.6 Å². The van der Waals surface area contributed by atoms with Gasteiger partial charge in [0.2, 0.25) is 0 Å². The Morgan fingerprint density at radius 3 is 2.35 bits per heavy atom. The molecule has 4 saturated carbocycles. The van der Waals surface area contributed by atoms with Crippen LogP contribution in [0.5, 0.6) is 0 Å². The average molecular weight is 555 g/mol. The van der Waals surface area contributed by atoms with Gasteiger partial charge < -0.3 is 14.6 Å². The van der Waals surface area contributed by atoms with Gasteiger partial charge in [-0.15, -0.1) is 0 Å². The summed E-state index contributed by atoms with van der Waals surface area (Å²) in [5.74, 6) is 0.161. The minimum absolute atomic E-state index is 0.0174. The van der Waals surface area contributed by atoms with Crippen molar-refractivity contribution in [1.82, 2.24) is 0 Å². The third kappa shape index (κ3) is 3.86. The molecular formula is C34H50O6. The highest BCUT2D eigenvalue weighted by molar-refractivity contribution is 6.01. The summed E-state index contributed by atoms with van der Waals surface area (Å²) < 4.78 is 10.7. The Morgan fingerprint density at radius 1 is 1.02 bits per heavy atom. The predicted octanol–water partition coefficient (Wildman–Crippen LogP) is 6.63. The summed E-state index contributed by atoms with van der Waals surface area (Å²) in [7, 11) is 3.14. The van der Waals surface area contributed by atoms with Gasteiger partial charge >= 0.3 is 5.97 Å². The Labute approximate surface area is 240 Å². The smallest absolute Gasteiger partial charge is 0.308 e. The number of ether oxygens (including phenoxy) is 2. The highest BCUT2D eigenvalue weighted by atomic mass is 16.5. The summed E-state index contributed by atoms with van der Waals surface area (Å²) >= 11 is 0. The van der Waals surface area contributed by atoms with Gasteiger partial charge in [0.1, 0.15) is 0 Å². The summed E-state index contributed by atoms with van der Waals surface area (Å²) in [4.78, 5) is 41.1. The van der Waals surface area contributed by atoms with E-state index in [0.717, 1.165) is 44.8 Å². The molecular weight excluding hydrogens is 504 g/mol. The number of hydrogen-bond donors (Lipinski definition) is 1. The molecule has 0 aliphatic heterocycles. The molecule has 0 bridgehead atoms. The topological polar surface area (TPSA) is 89.9 Å². The van der Waals surface area contributed by atoms with E-state index < -0.39 is 10.8 Å². The van der Waals surface area contributed by atoms with Crippen LogP contribution < -0.4 is 0 Å². The molecule has 0 aromatic heterocycles. The van der Waals surface area contributed by atoms with Crippen LogP contribution in [0.15, 0.2) is 23.5 Å². The normalized spacial score (nSPS) is 47.0. The second kappa shape index (κ2) is 9.54. The van der Waals surface area contributed by atoms with E-state index in [9.17, 15) is 19.5 Å². The summed E-state index contributed by atoms with van der Waals surface area (Å²) in [6, 6.07) is 0. The van der Waals surface area contributed by atoms with E-state index in [4.69, 9.17) is 9.47 Å². The molecule has 1 N–H and O–H groups in total. The van der Waals surface area contributed by atoms with E-state index in [1.807, 2.05) is 13.0 Å². The molecule has 5 aliphatic rings. The van der Waals surface area contributed by atoms with Crippen molar-refractivity contribution in [3.05, 3.63) is 23.5 Å². The fourth-order valence-corrected chi connectivity index (χ4v) is 11.1. The van der Waals surface area contributed by atoms with Gasteiger partial charge in [-0.3, -0.25) is 14.4 Å². The number of rotatable bonds is 4. The third-order valence-electron chi connectivity index (χ3n) is 13.1. The fourth-order valence-electron chi connectivity index (χ4n) is 11.1. The Balaban J connectivity index is 1.62. The van der Waals surface area contributed by atoms with Crippen LogP contribution in [-0.2, 0) is 23.9 Å². The number of allylic oxidation sites excluding steroid dienone is 3. The molecule has 0 spiro atoms. The van der Waals surface area contributed by atoms with Crippen molar-refractivity contribution in [2.24, 2.45) is 56.7 Å². The third-order valence-corrected chi connectivity index (χ3v) is 13.1. The molecule has 0 aromatic carbocycles. The van der Waals surface area contributed by atoms with Crippen LogP contribution in [0, 0.1) is 56.7 Å². The first-order valence-corrected chi connectivity index (χ1v) is 15.3. The molecule has 0 heterocycles. The van der Waals surface area contributed by atoms with Crippen molar-refractivity contribution in [3.8, 4) is 0 Å². The molecule has 2 unspecified atom stereocenters. The van der Waals surface area contributed by atoms with Gasteiger partial charge in [-0.25, -0.2) is 0 Å². The number of esters is 1. The number of ketones is 2. The van der Waals surface area contributed by atoms with Crippen LogP contribution in [0.4, 0.5) is 0 Å². The van der Waals surface area contributed by atoms with Gasteiger partial charge in [0.05, 0.1) is 19.3 Å². The zero-order valence-corrected chi connectivity index (χ0v) is 25.9. The predicted molar refractivity (Wildman–Crippen MR) is 153 cm³/mol. The molecule has 0 amide bonds. The van der Waals surface area contributed by atoms with E-state index >= 15 is 0 Å². The molecule has 5 rings (SSSR count). The Morgan fingerprint density at radius 2 is 1.73 bits per heavy atom. The Kier molecular flexibility index (Phi) is 7.04. The Hall–Kier alpha value is -1.95. The molecule has 6 heteroatoms. The van der Waals surface area contributed by atoms with Gasteiger partial charge in [-0.1, -0.05) is 47.1 Å². The first-order valence-electron chi connectivity index (χ1n) is 15.3. The number of methoxy groups -OCH3 is 2. The fraction of sp³-hybridized carbons (Fsp3) is 0.794. The monoisotopic (exact) mass is 554 g/mol. The molecule has 0 radical (unpaired) electrons. The molecule has 0 saturated heterocycles. The molecule has 4 fully saturated rings. The van der Waals surface area contributed by atoms with Crippen LogP contribution in [0.25, 0.3) is 0 Å². The molecule has 40 heavy (non-hydrogen) atoms. The zero-order valence-electron chi connectivity index (χ0n) is 25.9. The number of hydrogen-bond acceptors (Lipinski definition) is 6. The summed E-state index contributed by atoms with van der Waals surface area (Å²) in [5, 5.41) is 10.2. The maximum absolute atomic E-state index is 14.5. The highest BCUT2D eigenvalue weighted by Gasteiger charge is 2.69. The second-order valence-electron chi connectivity index (χ2n) is 15.6. The number of aliphatic hydroxyl groups excluding tert-OH is 1. The second-order valence-corrected chi connectivity index (χ2v) is 15.6. The van der Waals surface area contributed by atoms with Crippen LogP contribution in [0.2, 0.25) is 0 Å². The minimum Gasteiger partial charge on any atom is -0.515 e. The molecule has 0 aromatic rings. The van der Waals surface area contributed by atoms with E-state index in [2.05, 4.69) is 34.6 Å². The zero-order chi connectivity index (χ0) is 29.5. The van der Waals surface area contributed by atoms with Crippen molar-refractivity contribution >= 4 is 17.5 Å². The summed E-state index contributed by atoms with van der Waals surface area (Å²) in [6.45, 7) is 13.9. The lowest BCUT2D eigenvalue weighted by Gasteiger charge is -2.68. The first kappa shape index (κ1) is 29.5. The summed E-state index contributed by atoms with van der Waals surface area (Å²) in [5.41, 5.74) is 0.0475. The van der Waals surface area contributed by atoms with Gasteiger partial charge in [-0.05, 0) is 96.9 Å². The van der Waals surface area contributed by atoms with E-state index in [1.54, 1.807) is 7.11 Å². The molecule has 9 atom stereocenters. The van der Waals surface area contributed by atoms with E-state index in [-0.39, 0.29) is 63.4 Å². The van der Waals surface area contributed by atoms with Gasteiger partial charge in [0.25, 0.3) is 0 Å². The number of fused-ring (bicyclic) bond motifs is 7. The van der Waals surface area contributed by atoms with Crippen molar-refractivity contribution in [3.63, 3.8) is 0 Å². The van der Waals surface area contributed by atoms with E-state index in [1.165, 1.54) is 12.7 Å². The lowest BCUT2D eigenvalue weighted by atomic mass is 9.34. The first-order chi connectivity index (χ1) is 18.6. The van der Waals surface area contributed by atoms with E-state index in [0.29, 0.717) is 25.0 Å². The maximum Gasteiger partial charge on any atom is 0.308 e. The van der Waals surface area contributed by atoms with Crippen molar-refractivity contribution in [2.75, 3.05) is 20.8 Å². The minimum atomic E-state index is -0.667. The van der Waals surface area contributed by atoms with Crippen LogP contribution in [0.3, 0.4) is 0 Å². The number of carbonyl (C=O) groups is 3. The van der Waals surface area contributed by atoms with Crippen LogP contribution in [-0.4, -0.2) is 43.5 Å². The maximum atomic E-state index is 14.5. The van der Waals surface area contributed by atoms with Crippen molar-refractivity contribution < 1.29 is 29.0 Å². The molecule has 222 valence electrons.